The Morgan fingerprint density at radius 3 is 2.70 bits per heavy atom. The summed E-state index contributed by atoms with van der Waals surface area (Å²) >= 11 is 6.14. The van der Waals surface area contributed by atoms with Gasteiger partial charge in [0.1, 0.15) is 17.5 Å². The summed E-state index contributed by atoms with van der Waals surface area (Å²) in [6.07, 6.45) is 6.19. The summed E-state index contributed by atoms with van der Waals surface area (Å²) in [5.74, 6) is 1.04. The van der Waals surface area contributed by atoms with Gasteiger partial charge in [-0.3, -0.25) is 4.79 Å². The molecule has 1 aromatic carbocycles. The predicted octanol–water partition coefficient (Wildman–Crippen LogP) is 5.64. The van der Waals surface area contributed by atoms with E-state index in [1.807, 2.05) is 12.1 Å². The molecule has 0 saturated heterocycles. The second-order valence-electron chi connectivity index (χ2n) is 8.72. The minimum Gasteiger partial charge on any atom is -0.440 e. The van der Waals surface area contributed by atoms with Crippen LogP contribution in [-0.2, 0) is 9.53 Å². The van der Waals surface area contributed by atoms with Crippen LogP contribution in [0, 0.1) is 17.2 Å². The van der Waals surface area contributed by atoms with Gasteiger partial charge in [-0.05, 0) is 50.8 Å². The summed E-state index contributed by atoms with van der Waals surface area (Å²) in [6.45, 7) is 1.70. The fraction of sp³-hybridized carbons (Fsp3) is 0.458. The van der Waals surface area contributed by atoms with Crippen LogP contribution >= 0.6 is 11.6 Å². The standard InChI is InChI=1S/C24H24ClN5O3/c1-14(32-24(31)16-6-3-2-4-7-16)30-28-19(13-26)20(29-30)21-22(15-10-11-15)33-23(27-21)17-8-5-9-18(25)12-17/h5,8-9,12,14-16H,2-4,6-7,10-11H2,1H3. The normalized spacial score (nSPS) is 17.5. The van der Waals surface area contributed by atoms with E-state index in [9.17, 15) is 10.1 Å². The number of aromatic nitrogens is 4. The van der Waals surface area contributed by atoms with Crippen molar-refractivity contribution >= 4 is 17.6 Å². The van der Waals surface area contributed by atoms with E-state index < -0.39 is 6.23 Å². The van der Waals surface area contributed by atoms with E-state index in [1.165, 1.54) is 4.80 Å². The highest BCUT2D eigenvalue weighted by Crippen LogP contribution is 2.46. The Morgan fingerprint density at radius 1 is 1.21 bits per heavy atom. The number of carbonyl (C=O) groups excluding carboxylic acids is 1. The van der Waals surface area contributed by atoms with Gasteiger partial charge in [-0.1, -0.05) is 36.9 Å². The van der Waals surface area contributed by atoms with Crippen LogP contribution in [0.2, 0.25) is 5.02 Å². The molecule has 2 fully saturated rings. The third-order valence-corrected chi connectivity index (χ3v) is 6.42. The first-order valence-electron chi connectivity index (χ1n) is 11.4. The van der Waals surface area contributed by atoms with Gasteiger partial charge < -0.3 is 9.15 Å². The molecule has 9 heteroatoms. The highest BCUT2D eigenvalue weighted by molar-refractivity contribution is 6.30. The third kappa shape index (κ3) is 4.51. The molecular weight excluding hydrogens is 442 g/mol. The average molecular weight is 466 g/mol. The molecular formula is C24H24ClN5O3. The maximum atomic E-state index is 12.6. The van der Waals surface area contributed by atoms with Gasteiger partial charge in [0.25, 0.3) is 0 Å². The van der Waals surface area contributed by atoms with Crippen LogP contribution in [0.5, 0.6) is 0 Å². The Bertz CT molecular complexity index is 1220. The molecule has 170 valence electrons. The minimum absolute atomic E-state index is 0.0797. The summed E-state index contributed by atoms with van der Waals surface area (Å²) in [4.78, 5) is 18.5. The lowest BCUT2D eigenvalue weighted by Crippen LogP contribution is -2.24. The number of hydrogen-bond acceptors (Lipinski definition) is 7. The summed E-state index contributed by atoms with van der Waals surface area (Å²) in [6, 6.07) is 9.36. The third-order valence-electron chi connectivity index (χ3n) is 6.18. The quantitative estimate of drug-likeness (QED) is 0.433. The molecule has 0 aliphatic heterocycles. The van der Waals surface area contributed by atoms with Crippen molar-refractivity contribution in [1.82, 2.24) is 20.0 Å². The largest absolute Gasteiger partial charge is 0.440 e. The lowest BCUT2D eigenvalue weighted by Gasteiger charge is -2.21. The molecule has 2 aromatic heterocycles. The van der Waals surface area contributed by atoms with Gasteiger partial charge in [-0.2, -0.15) is 5.26 Å². The van der Waals surface area contributed by atoms with E-state index in [1.54, 1.807) is 19.1 Å². The van der Waals surface area contributed by atoms with Gasteiger partial charge in [-0.25, -0.2) is 4.98 Å². The molecule has 0 radical (unpaired) electrons. The monoisotopic (exact) mass is 465 g/mol. The fourth-order valence-corrected chi connectivity index (χ4v) is 4.43. The van der Waals surface area contributed by atoms with Gasteiger partial charge in [0.2, 0.25) is 12.1 Å². The van der Waals surface area contributed by atoms with Gasteiger partial charge in [0, 0.05) is 16.5 Å². The number of ether oxygens (including phenoxy) is 1. The number of oxazole rings is 1. The second kappa shape index (κ2) is 8.99. The zero-order chi connectivity index (χ0) is 22.9. The van der Waals surface area contributed by atoms with Gasteiger partial charge >= 0.3 is 5.97 Å². The first-order valence-corrected chi connectivity index (χ1v) is 11.8. The molecule has 2 saturated carbocycles. The van der Waals surface area contributed by atoms with Crippen LogP contribution in [0.3, 0.4) is 0 Å². The number of esters is 1. The van der Waals surface area contributed by atoms with Crippen molar-refractivity contribution in [2.24, 2.45) is 5.92 Å². The van der Waals surface area contributed by atoms with E-state index in [2.05, 4.69) is 21.3 Å². The Hall–Kier alpha value is -3.18. The number of benzene rings is 1. The fourth-order valence-electron chi connectivity index (χ4n) is 4.24. The van der Waals surface area contributed by atoms with Crippen LogP contribution in [-0.4, -0.2) is 25.9 Å². The van der Waals surface area contributed by atoms with Crippen molar-refractivity contribution < 1.29 is 13.9 Å². The molecule has 0 amide bonds. The Morgan fingerprint density at radius 2 is 2.00 bits per heavy atom. The van der Waals surface area contributed by atoms with Crippen molar-refractivity contribution in [3.8, 4) is 28.9 Å². The van der Waals surface area contributed by atoms with Crippen molar-refractivity contribution in [3.05, 3.63) is 40.7 Å². The van der Waals surface area contributed by atoms with Crippen LogP contribution < -0.4 is 0 Å². The van der Waals surface area contributed by atoms with Crippen LogP contribution in [0.15, 0.2) is 28.7 Å². The van der Waals surface area contributed by atoms with Crippen LogP contribution in [0.1, 0.15) is 75.5 Å². The van der Waals surface area contributed by atoms with E-state index in [0.717, 1.165) is 50.5 Å². The average Bonchev–Trinajstić information content (AvgIpc) is 3.42. The maximum Gasteiger partial charge on any atom is 0.310 e. The minimum atomic E-state index is -0.732. The predicted molar refractivity (Wildman–Crippen MR) is 120 cm³/mol. The molecule has 1 atom stereocenters. The molecule has 3 aromatic rings. The van der Waals surface area contributed by atoms with Crippen LogP contribution in [0.4, 0.5) is 0 Å². The zero-order valence-corrected chi connectivity index (χ0v) is 19.1. The number of carbonyl (C=O) groups is 1. The first kappa shape index (κ1) is 21.7. The summed E-state index contributed by atoms with van der Waals surface area (Å²) in [5.41, 5.74) is 1.69. The summed E-state index contributed by atoms with van der Waals surface area (Å²) in [5, 5.41) is 19.1. The SMILES string of the molecule is CC(OC(=O)C1CCCCC1)n1nc(C#N)c(-c2nc(-c3cccc(Cl)c3)oc2C2CC2)n1. The van der Waals surface area contributed by atoms with E-state index in [4.69, 9.17) is 20.8 Å². The number of halogens is 1. The molecule has 2 aliphatic carbocycles. The van der Waals surface area contributed by atoms with E-state index in [0.29, 0.717) is 28.1 Å². The van der Waals surface area contributed by atoms with Crippen molar-refractivity contribution in [3.63, 3.8) is 0 Å². The molecule has 1 unspecified atom stereocenters. The lowest BCUT2D eigenvalue weighted by atomic mass is 9.89. The van der Waals surface area contributed by atoms with E-state index in [-0.39, 0.29) is 23.5 Å². The van der Waals surface area contributed by atoms with Crippen molar-refractivity contribution in [1.29, 1.82) is 5.26 Å². The molecule has 5 rings (SSSR count). The first-order chi connectivity index (χ1) is 16.0. The highest BCUT2D eigenvalue weighted by atomic mass is 35.5. The van der Waals surface area contributed by atoms with E-state index >= 15 is 0 Å². The second-order valence-corrected chi connectivity index (χ2v) is 9.15. The number of nitrogens with zero attached hydrogens (tertiary/aromatic N) is 5. The molecule has 0 bridgehead atoms. The van der Waals surface area contributed by atoms with Crippen molar-refractivity contribution in [2.75, 3.05) is 0 Å². The van der Waals surface area contributed by atoms with Gasteiger partial charge in [-0.15, -0.1) is 15.0 Å². The lowest BCUT2D eigenvalue weighted by molar-refractivity contribution is -0.160. The maximum absolute atomic E-state index is 12.6. The smallest absolute Gasteiger partial charge is 0.310 e. The van der Waals surface area contributed by atoms with Gasteiger partial charge in [0.05, 0.1) is 5.92 Å². The topological polar surface area (TPSA) is 107 Å². The molecule has 2 aliphatic rings. The van der Waals surface area contributed by atoms with Crippen molar-refractivity contribution in [2.45, 2.75) is 64.0 Å². The highest BCUT2D eigenvalue weighted by Gasteiger charge is 2.35. The molecule has 0 spiro atoms. The number of rotatable bonds is 6. The molecule has 33 heavy (non-hydrogen) atoms. The Labute approximate surface area is 196 Å². The summed E-state index contributed by atoms with van der Waals surface area (Å²) in [7, 11) is 0. The van der Waals surface area contributed by atoms with Gasteiger partial charge in [0.15, 0.2) is 11.4 Å². The Kier molecular flexibility index (Phi) is 5.90. The molecule has 0 N–H and O–H groups in total. The zero-order valence-electron chi connectivity index (χ0n) is 18.3. The molecule has 8 nitrogen and oxygen atoms in total. The Balaban J connectivity index is 1.45. The molecule has 2 heterocycles. The number of nitriles is 1. The van der Waals surface area contributed by atoms with Crippen LogP contribution in [0.25, 0.3) is 22.8 Å². The number of hydrogen-bond donors (Lipinski definition) is 0. The summed E-state index contributed by atoms with van der Waals surface area (Å²) < 4.78 is 11.7.